The molecule has 0 aliphatic heterocycles. The van der Waals surface area contributed by atoms with Gasteiger partial charge in [-0.15, -0.1) is 11.6 Å². The van der Waals surface area contributed by atoms with Crippen LogP contribution in [0.4, 0.5) is 0 Å². The molecule has 16 heavy (non-hydrogen) atoms. The highest BCUT2D eigenvalue weighted by Crippen LogP contribution is 2.28. The standard InChI is InChI=1S/C11H16ClN3O/c1-15-5-4-10(14-15)11(16)13-7-8-2-3-9(12)6-8/h4-5,8-9H,2-3,6-7H2,1H3,(H,13,16). The summed E-state index contributed by atoms with van der Waals surface area (Å²) < 4.78 is 1.62. The first-order chi connectivity index (χ1) is 7.65. The number of nitrogens with zero attached hydrogens (tertiary/aromatic N) is 2. The van der Waals surface area contributed by atoms with Gasteiger partial charge < -0.3 is 5.32 Å². The molecule has 2 rings (SSSR count). The van der Waals surface area contributed by atoms with E-state index in [1.807, 2.05) is 0 Å². The smallest absolute Gasteiger partial charge is 0.271 e. The summed E-state index contributed by atoms with van der Waals surface area (Å²) in [5.74, 6) is 0.425. The van der Waals surface area contributed by atoms with E-state index in [1.165, 1.54) is 0 Å². The number of aromatic nitrogens is 2. The van der Waals surface area contributed by atoms with Crippen LogP contribution >= 0.6 is 11.6 Å². The summed E-state index contributed by atoms with van der Waals surface area (Å²) in [4.78, 5) is 11.7. The van der Waals surface area contributed by atoms with Crippen molar-refractivity contribution < 1.29 is 4.79 Å². The van der Waals surface area contributed by atoms with Gasteiger partial charge in [-0.25, -0.2) is 0 Å². The molecule has 1 saturated carbocycles. The van der Waals surface area contributed by atoms with Crippen LogP contribution in [0.1, 0.15) is 29.8 Å². The summed E-state index contributed by atoms with van der Waals surface area (Å²) in [6.45, 7) is 0.707. The van der Waals surface area contributed by atoms with Gasteiger partial charge in [-0.1, -0.05) is 0 Å². The first-order valence-electron chi connectivity index (χ1n) is 5.57. The molecule has 1 N–H and O–H groups in total. The van der Waals surface area contributed by atoms with E-state index in [0.29, 0.717) is 18.2 Å². The van der Waals surface area contributed by atoms with Gasteiger partial charge in [0.2, 0.25) is 0 Å². The van der Waals surface area contributed by atoms with Crippen molar-refractivity contribution in [3.8, 4) is 0 Å². The van der Waals surface area contributed by atoms with Crippen molar-refractivity contribution in [2.45, 2.75) is 24.6 Å². The summed E-state index contributed by atoms with van der Waals surface area (Å²) in [6.07, 6.45) is 4.94. The van der Waals surface area contributed by atoms with E-state index in [2.05, 4.69) is 10.4 Å². The Labute approximate surface area is 100.0 Å². The molecule has 1 aromatic rings. The molecule has 1 heterocycles. The third-order valence-electron chi connectivity index (χ3n) is 2.97. The van der Waals surface area contributed by atoms with E-state index in [-0.39, 0.29) is 11.3 Å². The molecule has 1 fully saturated rings. The molecule has 88 valence electrons. The molecule has 1 amide bonds. The number of hydrogen-bond donors (Lipinski definition) is 1. The zero-order valence-corrected chi connectivity index (χ0v) is 10.1. The van der Waals surface area contributed by atoms with Gasteiger partial charge in [-0.05, 0) is 31.2 Å². The van der Waals surface area contributed by atoms with Crippen LogP contribution in [0.2, 0.25) is 0 Å². The quantitative estimate of drug-likeness (QED) is 0.817. The first-order valence-corrected chi connectivity index (χ1v) is 6.00. The lowest BCUT2D eigenvalue weighted by Crippen LogP contribution is -2.28. The third kappa shape index (κ3) is 2.76. The number of hydrogen-bond acceptors (Lipinski definition) is 2. The minimum atomic E-state index is -0.0985. The lowest BCUT2D eigenvalue weighted by atomic mass is 10.1. The Kier molecular flexibility index (Phi) is 3.49. The van der Waals surface area contributed by atoms with Crippen LogP contribution in [0.15, 0.2) is 12.3 Å². The van der Waals surface area contributed by atoms with E-state index in [9.17, 15) is 4.79 Å². The van der Waals surface area contributed by atoms with Gasteiger partial charge in [-0.3, -0.25) is 9.48 Å². The zero-order chi connectivity index (χ0) is 11.5. The fourth-order valence-electron chi connectivity index (χ4n) is 2.06. The SMILES string of the molecule is Cn1ccc(C(=O)NCC2CCC(Cl)C2)n1. The largest absolute Gasteiger partial charge is 0.350 e. The predicted molar refractivity (Wildman–Crippen MR) is 62.5 cm³/mol. The fourth-order valence-corrected chi connectivity index (χ4v) is 2.44. The van der Waals surface area contributed by atoms with Crippen molar-refractivity contribution in [3.63, 3.8) is 0 Å². The minimum Gasteiger partial charge on any atom is -0.350 e. The highest BCUT2D eigenvalue weighted by Gasteiger charge is 2.23. The number of carbonyl (C=O) groups is 1. The van der Waals surface area contributed by atoms with Crippen LogP contribution in [-0.2, 0) is 7.05 Å². The van der Waals surface area contributed by atoms with E-state index in [4.69, 9.17) is 11.6 Å². The van der Waals surface area contributed by atoms with Gasteiger partial charge in [0, 0.05) is 25.2 Å². The lowest BCUT2D eigenvalue weighted by molar-refractivity contribution is 0.0941. The summed E-state index contributed by atoms with van der Waals surface area (Å²) >= 11 is 6.01. The van der Waals surface area contributed by atoms with Crippen molar-refractivity contribution in [3.05, 3.63) is 18.0 Å². The number of rotatable bonds is 3. The number of nitrogens with one attached hydrogen (secondary N) is 1. The second-order valence-electron chi connectivity index (χ2n) is 4.36. The number of aryl methyl sites for hydroxylation is 1. The van der Waals surface area contributed by atoms with Gasteiger partial charge >= 0.3 is 0 Å². The molecular weight excluding hydrogens is 226 g/mol. The average molecular weight is 242 g/mol. The molecule has 0 spiro atoms. The topological polar surface area (TPSA) is 46.9 Å². The van der Waals surface area contributed by atoms with Crippen molar-refractivity contribution in [1.82, 2.24) is 15.1 Å². The Morgan fingerprint density at radius 1 is 1.69 bits per heavy atom. The van der Waals surface area contributed by atoms with Crippen LogP contribution < -0.4 is 5.32 Å². The molecule has 0 bridgehead atoms. The summed E-state index contributed by atoms with van der Waals surface area (Å²) in [7, 11) is 1.80. The number of alkyl halides is 1. The van der Waals surface area contributed by atoms with Gasteiger partial charge in [0.05, 0.1) is 0 Å². The van der Waals surface area contributed by atoms with E-state index in [0.717, 1.165) is 19.3 Å². The van der Waals surface area contributed by atoms with Gasteiger partial charge in [-0.2, -0.15) is 5.10 Å². The molecule has 2 unspecified atom stereocenters. The van der Waals surface area contributed by atoms with Crippen LogP contribution in [0, 0.1) is 5.92 Å². The Hall–Kier alpha value is -1.03. The number of carbonyl (C=O) groups excluding carboxylic acids is 1. The van der Waals surface area contributed by atoms with Crippen LogP contribution in [-0.4, -0.2) is 27.6 Å². The second-order valence-corrected chi connectivity index (χ2v) is 4.98. The molecule has 0 radical (unpaired) electrons. The van der Waals surface area contributed by atoms with Crippen molar-refractivity contribution in [2.75, 3.05) is 6.54 Å². The Morgan fingerprint density at radius 2 is 2.50 bits per heavy atom. The fraction of sp³-hybridized carbons (Fsp3) is 0.636. The maximum absolute atomic E-state index is 11.7. The van der Waals surface area contributed by atoms with Crippen LogP contribution in [0.5, 0.6) is 0 Å². The van der Waals surface area contributed by atoms with Crippen molar-refractivity contribution in [2.24, 2.45) is 13.0 Å². The molecule has 0 aromatic carbocycles. The van der Waals surface area contributed by atoms with E-state index >= 15 is 0 Å². The van der Waals surface area contributed by atoms with E-state index in [1.54, 1.807) is 24.0 Å². The van der Waals surface area contributed by atoms with Crippen LogP contribution in [0.3, 0.4) is 0 Å². The predicted octanol–water partition coefficient (Wildman–Crippen LogP) is 1.56. The molecule has 5 heteroatoms. The highest BCUT2D eigenvalue weighted by atomic mass is 35.5. The first kappa shape index (κ1) is 11.5. The average Bonchev–Trinajstić information content (AvgIpc) is 2.84. The Bertz CT molecular complexity index is 377. The number of amides is 1. The molecule has 0 saturated heterocycles. The summed E-state index contributed by atoms with van der Waals surface area (Å²) in [5, 5.41) is 7.24. The lowest BCUT2D eigenvalue weighted by Gasteiger charge is -2.09. The third-order valence-corrected chi connectivity index (χ3v) is 3.37. The molecule has 1 aliphatic carbocycles. The van der Waals surface area contributed by atoms with Gasteiger partial charge in [0.1, 0.15) is 5.69 Å². The van der Waals surface area contributed by atoms with E-state index < -0.39 is 0 Å². The van der Waals surface area contributed by atoms with Gasteiger partial charge in [0.25, 0.3) is 5.91 Å². The second kappa shape index (κ2) is 4.87. The highest BCUT2D eigenvalue weighted by molar-refractivity contribution is 6.20. The molecule has 1 aromatic heterocycles. The summed E-state index contributed by atoms with van der Waals surface area (Å²) in [5.41, 5.74) is 0.475. The summed E-state index contributed by atoms with van der Waals surface area (Å²) in [6, 6.07) is 1.72. The molecular formula is C11H16ClN3O. The minimum absolute atomic E-state index is 0.0985. The number of halogens is 1. The van der Waals surface area contributed by atoms with Crippen molar-refractivity contribution in [1.29, 1.82) is 0 Å². The molecule has 1 aliphatic rings. The van der Waals surface area contributed by atoms with Crippen molar-refractivity contribution >= 4 is 17.5 Å². The normalized spacial score (nSPS) is 24.6. The maximum Gasteiger partial charge on any atom is 0.271 e. The molecule has 2 atom stereocenters. The molecule has 4 nitrogen and oxygen atoms in total. The Morgan fingerprint density at radius 3 is 3.06 bits per heavy atom. The maximum atomic E-state index is 11.7. The Balaban J connectivity index is 1.80. The van der Waals surface area contributed by atoms with Gasteiger partial charge in [0.15, 0.2) is 0 Å². The monoisotopic (exact) mass is 241 g/mol. The zero-order valence-electron chi connectivity index (χ0n) is 9.32. The van der Waals surface area contributed by atoms with Crippen LogP contribution in [0.25, 0.3) is 0 Å².